The highest BCUT2D eigenvalue weighted by Gasteiger charge is 2.49. The van der Waals surface area contributed by atoms with Crippen LogP contribution in [0.1, 0.15) is 17.5 Å². The van der Waals surface area contributed by atoms with Gasteiger partial charge in [0.1, 0.15) is 11.2 Å². The molecule has 7 heteroatoms. The predicted molar refractivity (Wildman–Crippen MR) is 103 cm³/mol. The number of piperidine rings is 1. The number of hydrogen-bond donors (Lipinski definition) is 2. The van der Waals surface area contributed by atoms with Crippen LogP contribution in [-0.2, 0) is 17.8 Å². The molecule has 1 aliphatic heterocycles. The third kappa shape index (κ3) is 4.26. The van der Waals surface area contributed by atoms with Gasteiger partial charge >= 0.3 is 5.97 Å². The Hall–Kier alpha value is -2.64. The lowest BCUT2D eigenvalue weighted by atomic mass is 9.72. The van der Waals surface area contributed by atoms with Gasteiger partial charge in [0.05, 0.1) is 20.3 Å². The molecule has 0 spiro atoms. The van der Waals surface area contributed by atoms with Crippen LogP contribution in [0.2, 0.25) is 0 Å². The maximum absolute atomic E-state index is 12.3. The lowest BCUT2D eigenvalue weighted by Crippen LogP contribution is -2.56. The molecule has 1 aromatic heterocycles. The summed E-state index contributed by atoms with van der Waals surface area (Å²) in [5, 5.41) is 20.7. The van der Waals surface area contributed by atoms with Gasteiger partial charge in [0, 0.05) is 31.9 Å². The van der Waals surface area contributed by atoms with Gasteiger partial charge in [-0.05, 0) is 42.2 Å². The number of carboxylic acids is 1. The minimum Gasteiger partial charge on any atom is -0.497 e. The maximum Gasteiger partial charge on any atom is 0.313 e. The van der Waals surface area contributed by atoms with Crippen molar-refractivity contribution in [1.29, 1.82) is 0 Å². The van der Waals surface area contributed by atoms with Crippen LogP contribution in [0.3, 0.4) is 0 Å². The number of likely N-dealkylation sites (tertiary alicyclic amines) is 1. The molecular weight excluding hydrogens is 360 g/mol. The normalized spacial score (nSPS) is 22.6. The summed E-state index contributed by atoms with van der Waals surface area (Å²) in [4.78, 5) is 18.5. The van der Waals surface area contributed by atoms with Crippen LogP contribution in [0, 0.1) is 5.41 Å². The van der Waals surface area contributed by atoms with E-state index in [0.717, 1.165) is 11.1 Å². The van der Waals surface area contributed by atoms with E-state index in [4.69, 9.17) is 9.47 Å². The van der Waals surface area contributed by atoms with E-state index >= 15 is 0 Å². The summed E-state index contributed by atoms with van der Waals surface area (Å²) in [7, 11) is 3.14. The molecule has 150 valence electrons. The zero-order valence-corrected chi connectivity index (χ0v) is 16.2. The first-order valence-electron chi connectivity index (χ1n) is 9.22. The summed E-state index contributed by atoms with van der Waals surface area (Å²) in [5.74, 6) is 0.208. The second kappa shape index (κ2) is 8.58. The molecule has 2 atom stereocenters. The predicted octanol–water partition coefficient (Wildman–Crippen LogP) is 1.98. The summed E-state index contributed by atoms with van der Waals surface area (Å²) >= 11 is 0. The van der Waals surface area contributed by atoms with Crippen molar-refractivity contribution in [3.8, 4) is 11.6 Å². The molecule has 0 aliphatic carbocycles. The molecule has 0 saturated carbocycles. The van der Waals surface area contributed by atoms with E-state index in [-0.39, 0.29) is 13.0 Å². The summed E-state index contributed by atoms with van der Waals surface area (Å²) < 4.78 is 10.4. The molecule has 1 aromatic carbocycles. The first-order valence-corrected chi connectivity index (χ1v) is 9.22. The van der Waals surface area contributed by atoms with Crippen LogP contribution in [0.4, 0.5) is 0 Å². The number of carboxylic acid groups (broad SMARTS) is 1. The molecular formula is C21H26N2O5. The fourth-order valence-electron chi connectivity index (χ4n) is 3.82. The first-order chi connectivity index (χ1) is 13.5. The monoisotopic (exact) mass is 386 g/mol. The van der Waals surface area contributed by atoms with Gasteiger partial charge in [-0.3, -0.25) is 9.69 Å². The number of aliphatic carboxylic acids is 1. The summed E-state index contributed by atoms with van der Waals surface area (Å²) in [6, 6.07) is 11.1. The van der Waals surface area contributed by atoms with Crippen molar-refractivity contribution >= 4 is 5.97 Å². The zero-order chi connectivity index (χ0) is 20.1. The molecule has 1 fully saturated rings. The molecule has 1 saturated heterocycles. The van der Waals surface area contributed by atoms with E-state index in [0.29, 0.717) is 31.1 Å². The van der Waals surface area contributed by atoms with Crippen LogP contribution < -0.4 is 9.47 Å². The van der Waals surface area contributed by atoms with Gasteiger partial charge in [-0.1, -0.05) is 12.1 Å². The Morgan fingerprint density at radius 1 is 1.25 bits per heavy atom. The molecule has 28 heavy (non-hydrogen) atoms. The molecule has 2 N–H and O–H groups in total. The van der Waals surface area contributed by atoms with Crippen LogP contribution in [0.15, 0.2) is 42.6 Å². The Morgan fingerprint density at radius 2 is 2.07 bits per heavy atom. The van der Waals surface area contributed by atoms with E-state index < -0.39 is 17.5 Å². The number of ether oxygens (including phenoxy) is 2. The zero-order valence-electron chi connectivity index (χ0n) is 16.2. The van der Waals surface area contributed by atoms with Crippen LogP contribution in [0.25, 0.3) is 0 Å². The second-order valence-corrected chi connectivity index (χ2v) is 7.21. The number of pyridine rings is 1. The Labute approximate surface area is 164 Å². The Bertz CT molecular complexity index is 828. The first kappa shape index (κ1) is 20.1. The number of benzene rings is 1. The van der Waals surface area contributed by atoms with Crippen molar-refractivity contribution in [1.82, 2.24) is 9.88 Å². The molecule has 0 radical (unpaired) electrons. The minimum atomic E-state index is -1.28. The lowest BCUT2D eigenvalue weighted by molar-refractivity contribution is -0.163. The van der Waals surface area contributed by atoms with Gasteiger partial charge in [-0.2, -0.15) is 0 Å². The smallest absolute Gasteiger partial charge is 0.313 e. The number of methoxy groups -OCH3 is 2. The fourth-order valence-corrected chi connectivity index (χ4v) is 3.82. The van der Waals surface area contributed by atoms with Crippen LogP contribution >= 0.6 is 0 Å². The quantitative estimate of drug-likeness (QED) is 0.752. The van der Waals surface area contributed by atoms with E-state index in [9.17, 15) is 15.0 Å². The van der Waals surface area contributed by atoms with Gasteiger partial charge in [-0.25, -0.2) is 4.98 Å². The molecule has 0 bridgehead atoms. The Balaban J connectivity index is 1.83. The van der Waals surface area contributed by atoms with Gasteiger partial charge in [0.15, 0.2) is 0 Å². The molecule has 7 nitrogen and oxygen atoms in total. The molecule has 0 amide bonds. The highest BCUT2D eigenvalue weighted by molar-refractivity contribution is 5.76. The highest BCUT2D eigenvalue weighted by atomic mass is 16.5. The second-order valence-electron chi connectivity index (χ2n) is 7.21. The van der Waals surface area contributed by atoms with E-state index in [1.54, 1.807) is 20.4 Å². The number of carbonyl (C=O) groups is 1. The highest BCUT2D eigenvalue weighted by Crippen LogP contribution is 2.36. The van der Waals surface area contributed by atoms with E-state index in [1.807, 2.05) is 36.4 Å². The number of aliphatic hydroxyl groups excluding tert-OH is 1. The van der Waals surface area contributed by atoms with Crippen molar-refractivity contribution in [2.45, 2.75) is 25.5 Å². The van der Waals surface area contributed by atoms with Crippen LogP contribution in [0.5, 0.6) is 11.6 Å². The van der Waals surface area contributed by atoms with Crippen molar-refractivity contribution in [3.05, 3.63) is 53.7 Å². The third-order valence-corrected chi connectivity index (χ3v) is 5.36. The van der Waals surface area contributed by atoms with Gasteiger partial charge in [0.2, 0.25) is 5.88 Å². The van der Waals surface area contributed by atoms with Gasteiger partial charge in [-0.15, -0.1) is 0 Å². The molecule has 0 unspecified atom stereocenters. The Kier molecular flexibility index (Phi) is 6.16. The van der Waals surface area contributed by atoms with Gasteiger partial charge < -0.3 is 19.7 Å². The number of aromatic nitrogens is 1. The summed E-state index contributed by atoms with van der Waals surface area (Å²) in [6.45, 7) is 1.45. The van der Waals surface area contributed by atoms with Crippen molar-refractivity contribution in [2.24, 2.45) is 5.41 Å². The number of hydrogen-bond acceptors (Lipinski definition) is 6. The molecule has 2 aromatic rings. The standard InChI is InChI=1S/C21H26N2O5/c1-27-17-5-3-4-15(10-17)12-21(20(25)26)14-23(9-7-18(21)24)13-16-6-8-22-19(11-16)28-2/h3-6,8,10-11,18,24H,7,9,12-14H2,1-2H3,(H,25,26)/t18-,21-/m1/s1. The summed E-state index contributed by atoms with van der Waals surface area (Å²) in [6.07, 6.45) is 1.39. The van der Waals surface area contributed by atoms with Crippen molar-refractivity contribution in [3.63, 3.8) is 0 Å². The lowest BCUT2D eigenvalue weighted by Gasteiger charge is -2.43. The van der Waals surface area contributed by atoms with Gasteiger partial charge in [0.25, 0.3) is 0 Å². The van der Waals surface area contributed by atoms with E-state index in [1.165, 1.54) is 0 Å². The molecule has 1 aliphatic rings. The average molecular weight is 386 g/mol. The Morgan fingerprint density at radius 3 is 2.79 bits per heavy atom. The molecule has 3 rings (SSSR count). The van der Waals surface area contributed by atoms with Crippen molar-refractivity contribution < 1.29 is 24.5 Å². The number of nitrogens with zero attached hydrogens (tertiary/aromatic N) is 2. The molecule has 2 heterocycles. The number of aliphatic hydroxyl groups is 1. The maximum atomic E-state index is 12.3. The number of rotatable bonds is 7. The third-order valence-electron chi connectivity index (χ3n) is 5.36. The fraction of sp³-hybridized carbons (Fsp3) is 0.429. The van der Waals surface area contributed by atoms with Crippen LogP contribution in [-0.4, -0.2) is 59.5 Å². The largest absolute Gasteiger partial charge is 0.497 e. The average Bonchev–Trinajstić information content (AvgIpc) is 2.70. The van der Waals surface area contributed by atoms with E-state index in [2.05, 4.69) is 9.88 Å². The summed E-state index contributed by atoms with van der Waals surface area (Å²) in [5.41, 5.74) is 0.541. The minimum absolute atomic E-state index is 0.233. The van der Waals surface area contributed by atoms with Crippen molar-refractivity contribution in [2.75, 3.05) is 27.3 Å². The SMILES string of the molecule is COc1cccc(C[C@@]2(C(=O)O)CN(Cc3ccnc(OC)c3)CC[C@H]2O)c1. The topological polar surface area (TPSA) is 92.1 Å².